The molecular formula is C21H31N3OS. The van der Waals surface area contributed by atoms with E-state index in [1.54, 1.807) is 6.33 Å². The van der Waals surface area contributed by atoms with Crippen LogP contribution in [0.4, 0.5) is 0 Å². The fourth-order valence-electron chi connectivity index (χ4n) is 4.73. The lowest BCUT2D eigenvalue weighted by molar-refractivity contribution is 0.108. The van der Waals surface area contributed by atoms with Crippen LogP contribution in [0.5, 0.6) is 5.88 Å². The van der Waals surface area contributed by atoms with Gasteiger partial charge in [0.05, 0.1) is 5.39 Å². The molecule has 0 bridgehead atoms. The highest BCUT2D eigenvalue weighted by Gasteiger charge is 2.28. The Labute approximate surface area is 161 Å². The van der Waals surface area contributed by atoms with Crippen molar-refractivity contribution in [3.8, 4) is 5.88 Å². The van der Waals surface area contributed by atoms with E-state index in [9.17, 15) is 0 Å². The maximum Gasteiger partial charge on any atom is 0.225 e. The SMILES string of the molecule is CCC[C@H]1CCc2sc3ncnc(OC4CCC(N(C)C)CC4)c3c2C1. The smallest absolute Gasteiger partial charge is 0.225 e. The molecule has 0 radical (unpaired) electrons. The van der Waals surface area contributed by atoms with Crippen LogP contribution in [0.15, 0.2) is 6.33 Å². The van der Waals surface area contributed by atoms with Crippen molar-refractivity contribution < 1.29 is 4.74 Å². The number of hydrogen-bond acceptors (Lipinski definition) is 5. The summed E-state index contributed by atoms with van der Waals surface area (Å²) in [6, 6.07) is 0.698. The van der Waals surface area contributed by atoms with Crippen LogP contribution in [0.1, 0.15) is 62.3 Å². The molecule has 2 aromatic heterocycles. The molecule has 0 saturated heterocycles. The van der Waals surface area contributed by atoms with Crippen molar-refractivity contribution in [2.24, 2.45) is 5.92 Å². The molecule has 142 valence electrons. The lowest BCUT2D eigenvalue weighted by atomic mass is 9.84. The predicted molar refractivity (Wildman–Crippen MR) is 108 cm³/mol. The van der Waals surface area contributed by atoms with Gasteiger partial charge in [0, 0.05) is 10.9 Å². The topological polar surface area (TPSA) is 38.3 Å². The fraction of sp³-hybridized carbons (Fsp3) is 0.714. The van der Waals surface area contributed by atoms with Gasteiger partial charge < -0.3 is 9.64 Å². The maximum absolute atomic E-state index is 6.45. The monoisotopic (exact) mass is 373 g/mol. The quantitative estimate of drug-likeness (QED) is 0.751. The van der Waals surface area contributed by atoms with Gasteiger partial charge in [0.15, 0.2) is 0 Å². The van der Waals surface area contributed by atoms with Gasteiger partial charge in [-0.05, 0) is 70.5 Å². The fourth-order valence-corrected chi connectivity index (χ4v) is 5.91. The maximum atomic E-state index is 6.45. The second kappa shape index (κ2) is 7.81. The van der Waals surface area contributed by atoms with Gasteiger partial charge in [0.2, 0.25) is 5.88 Å². The Balaban J connectivity index is 1.56. The minimum absolute atomic E-state index is 0.301. The number of hydrogen-bond donors (Lipinski definition) is 0. The number of nitrogens with zero attached hydrogens (tertiary/aromatic N) is 3. The normalized spacial score (nSPS) is 26.2. The standard InChI is InChI=1S/C21H31N3OS/c1-4-5-14-6-11-18-17(12-14)19-20(22-13-23-21(19)26-18)25-16-9-7-15(8-10-16)24(2)3/h13-16H,4-12H2,1-3H3/t14-,15?,16?/m0/s1. The summed E-state index contributed by atoms with van der Waals surface area (Å²) in [5.41, 5.74) is 1.49. The Morgan fingerprint density at radius 1 is 1.15 bits per heavy atom. The molecule has 4 rings (SSSR count). The third kappa shape index (κ3) is 3.61. The van der Waals surface area contributed by atoms with Gasteiger partial charge in [-0.3, -0.25) is 0 Å². The lowest BCUT2D eigenvalue weighted by Crippen LogP contribution is -2.35. The third-order valence-corrected chi connectivity index (χ3v) is 7.46. The molecule has 4 nitrogen and oxygen atoms in total. The first-order valence-electron chi connectivity index (χ1n) is 10.2. The molecule has 2 aromatic rings. The van der Waals surface area contributed by atoms with Gasteiger partial charge in [0.1, 0.15) is 17.3 Å². The van der Waals surface area contributed by atoms with Crippen LogP contribution < -0.4 is 4.74 Å². The number of rotatable bonds is 5. The van der Waals surface area contributed by atoms with Crippen molar-refractivity contribution in [3.63, 3.8) is 0 Å². The van der Waals surface area contributed by atoms with E-state index in [0.717, 1.165) is 29.5 Å². The third-order valence-electron chi connectivity index (χ3n) is 6.26. The first kappa shape index (κ1) is 18.2. The summed E-state index contributed by atoms with van der Waals surface area (Å²) in [7, 11) is 4.37. The van der Waals surface area contributed by atoms with Crippen LogP contribution in [0.3, 0.4) is 0 Å². The second-order valence-corrected chi connectivity index (χ2v) is 9.36. The Kier molecular flexibility index (Phi) is 5.46. The summed E-state index contributed by atoms with van der Waals surface area (Å²) in [5, 5.41) is 1.23. The summed E-state index contributed by atoms with van der Waals surface area (Å²) >= 11 is 1.86. The molecule has 1 fully saturated rings. The zero-order valence-corrected chi connectivity index (χ0v) is 17.1. The molecular weight excluding hydrogens is 342 g/mol. The zero-order chi connectivity index (χ0) is 18.1. The molecule has 0 aliphatic heterocycles. The van der Waals surface area contributed by atoms with E-state index in [1.165, 1.54) is 60.8 Å². The van der Waals surface area contributed by atoms with Crippen LogP contribution in [-0.4, -0.2) is 41.1 Å². The second-order valence-electron chi connectivity index (χ2n) is 8.27. The summed E-state index contributed by atoms with van der Waals surface area (Å²) in [5.74, 6) is 1.66. The Hall–Kier alpha value is -1.20. The molecule has 2 heterocycles. The average molecular weight is 374 g/mol. The van der Waals surface area contributed by atoms with Gasteiger partial charge in [0.25, 0.3) is 0 Å². The minimum atomic E-state index is 0.301. The molecule has 26 heavy (non-hydrogen) atoms. The summed E-state index contributed by atoms with van der Waals surface area (Å²) < 4.78 is 6.45. The molecule has 0 unspecified atom stereocenters. The zero-order valence-electron chi connectivity index (χ0n) is 16.3. The van der Waals surface area contributed by atoms with E-state index in [4.69, 9.17) is 4.74 Å². The van der Waals surface area contributed by atoms with E-state index in [0.29, 0.717) is 12.1 Å². The molecule has 1 saturated carbocycles. The number of ether oxygens (including phenoxy) is 1. The largest absolute Gasteiger partial charge is 0.474 e. The van der Waals surface area contributed by atoms with Crippen LogP contribution in [-0.2, 0) is 12.8 Å². The van der Waals surface area contributed by atoms with E-state index < -0.39 is 0 Å². The predicted octanol–water partition coefficient (Wildman–Crippen LogP) is 4.85. The number of thiophene rings is 1. The van der Waals surface area contributed by atoms with Crippen molar-refractivity contribution in [2.45, 2.75) is 76.9 Å². The molecule has 0 spiro atoms. The Morgan fingerprint density at radius 2 is 1.96 bits per heavy atom. The highest BCUT2D eigenvalue weighted by molar-refractivity contribution is 7.18. The minimum Gasteiger partial charge on any atom is -0.474 e. The highest BCUT2D eigenvalue weighted by Crippen LogP contribution is 2.42. The van der Waals surface area contributed by atoms with E-state index in [1.807, 2.05) is 11.3 Å². The van der Waals surface area contributed by atoms with E-state index >= 15 is 0 Å². The van der Waals surface area contributed by atoms with Crippen molar-refractivity contribution in [2.75, 3.05) is 14.1 Å². The van der Waals surface area contributed by atoms with Crippen molar-refractivity contribution in [1.29, 1.82) is 0 Å². The molecule has 0 aromatic carbocycles. The number of aromatic nitrogens is 2. The van der Waals surface area contributed by atoms with Gasteiger partial charge in [-0.25, -0.2) is 9.97 Å². The van der Waals surface area contributed by atoms with Crippen LogP contribution in [0.2, 0.25) is 0 Å². The molecule has 1 atom stereocenters. The molecule has 2 aliphatic carbocycles. The summed E-state index contributed by atoms with van der Waals surface area (Å²) in [6.07, 6.45) is 13.0. The molecule has 0 amide bonds. The first-order valence-corrected chi connectivity index (χ1v) is 11.1. The number of fused-ring (bicyclic) bond motifs is 3. The Morgan fingerprint density at radius 3 is 2.69 bits per heavy atom. The van der Waals surface area contributed by atoms with E-state index in [-0.39, 0.29) is 0 Å². The van der Waals surface area contributed by atoms with Crippen molar-refractivity contribution in [3.05, 3.63) is 16.8 Å². The van der Waals surface area contributed by atoms with E-state index in [2.05, 4.69) is 35.9 Å². The van der Waals surface area contributed by atoms with Gasteiger partial charge in [-0.15, -0.1) is 11.3 Å². The summed E-state index contributed by atoms with van der Waals surface area (Å²) in [6.45, 7) is 2.29. The average Bonchev–Trinajstić information content (AvgIpc) is 3.01. The lowest BCUT2D eigenvalue weighted by Gasteiger charge is -2.32. The molecule has 2 aliphatic rings. The van der Waals surface area contributed by atoms with Crippen molar-refractivity contribution in [1.82, 2.24) is 14.9 Å². The van der Waals surface area contributed by atoms with Gasteiger partial charge >= 0.3 is 0 Å². The first-order chi connectivity index (χ1) is 12.7. The number of aryl methyl sites for hydroxylation is 1. The molecule has 0 N–H and O–H groups in total. The molecule has 5 heteroatoms. The van der Waals surface area contributed by atoms with Gasteiger partial charge in [-0.2, -0.15) is 0 Å². The van der Waals surface area contributed by atoms with Crippen molar-refractivity contribution >= 4 is 21.6 Å². The Bertz CT molecular complexity index is 749. The summed E-state index contributed by atoms with van der Waals surface area (Å²) in [4.78, 5) is 14.1. The highest BCUT2D eigenvalue weighted by atomic mass is 32.1. The van der Waals surface area contributed by atoms with Crippen LogP contribution in [0.25, 0.3) is 10.2 Å². The van der Waals surface area contributed by atoms with Gasteiger partial charge in [-0.1, -0.05) is 19.8 Å². The van der Waals surface area contributed by atoms with Crippen LogP contribution >= 0.6 is 11.3 Å². The van der Waals surface area contributed by atoms with Crippen LogP contribution in [0, 0.1) is 5.92 Å².